The van der Waals surface area contributed by atoms with Crippen LogP contribution in [0.15, 0.2) is 6.20 Å². The molecule has 1 aromatic rings. The van der Waals surface area contributed by atoms with Gasteiger partial charge in [-0.2, -0.15) is 0 Å². The van der Waals surface area contributed by atoms with Gasteiger partial charge < -0.3 is 4.57 Å². The van der Waals surface area contributed by atoms with Crippen LogP contribution in [0.4, 0.5) is 0 Å². The number of hydrogen-bond donors (Lipinski definition) is 0. The molecule has 0 N–H and O–H groups in total. The van der Waals surface area contributed by atoms with Crippen LogP contribution in [0.2, 0.25) is 0 Å². The van der Waals surface area contributed by atoms with Crippen LogP contribution in [0.3, 0.4) is 0 Å². The summed E-state index contributed by atoms with van der Waals surface area (Å²) in [5.74, 6) is 2.09. The van der Waals surface area contributed by atoms with Gasteiger partial charge in [0.2, 0.25) is 0 Å². The van der Waals surface area contributed by atoms with Crippen molar-refractivity contribution in [2.75, 3.05) is 0 Å². The number of aromatic nitrogens is 2. The van der Waals surface area contributed by atoms with Crippen molar-refractivity contribution >= 4 is 0 Å². The van der Waals surface area contributed by atoms with Crippen LogP contribution >= 0.6 is 0 Å². The van der Waals surface area contributed by atoms with Crippen molar-refractivity contribution in [3.63, 3.8) is 0 Å². The van der Waals surface area contributed by atoms with Crippen LogP contribution in [0, 0.1) is 5.92 Å². The predicted octanol–water partition coefficient (Wildman–Crippen LogP) is 2.76. The summed E-state index contributed by atoms with van der Waals surface area (Å²) in [6.07, 6.45) is 4.68. The second-order valence-electron chi connectivity index (χ2n) is 5.59. The number of hydrogen-bond acceptors (Lipinski definition) is 1. The van der Waals surface area contributed by atoms with E-state index in [1.54, 1.807) is 0 Å². The maximum absolute atomic E-state index is 4.72. The molecule has 0 aliphatic carbocycles. The Morgan fingerprint density at radius 1 is 1.43 bits per heavy atom. The first-order valence-corrected chi connectivity index (χ1v) is 5.53. The first-order valence-electron chi connectivity index (χ1n) is 5.53. The van der Waals surface area contributed by atoms with E-state index in [-0.39, 0.29) is 5.41 Å². The van der Waals surface area contributed by atoms with Gasteiger partial charge in [0.25, 0.3) is 0 Å². The Labute approximate surface area is 86.3 Å². The maximum atomic E-state index is 4.72. The van der Waals surface area contributed by atoms with Gasteiger partial charge in [-0.1, -0.05) is 27.7 Å². The second kappa shape index (κ2) is 3.11. The summed E-state index contributed by atoms with van der Waals surface area (Å²) in [4.78, 5) is 4.72. The number of nitrogens with zero attached hydrogens (tertiary/aromatic N) is 2. The Morgan fingerprint density at radius 3 is 2.79 bits per heavy atom. The molecule has 78 valence electrons. The van der Waals surface area contributed by atoms with Crippen molar-refractivity contribution in [2.45, 2.75) is 52.5 Å². The zero-order chi connectivity index (χ0) is 10.3. The molecule has 2 nitrogen and oxygen atoms in total. The van der Waals surface area contributed by atoms with Crippen LogP contribution in [0.1, 0.15) is 45.6 Å². The quantitative estimate of drug-likeness (QED) is 0.618. The number of fused-ring (bicyclic) bond motifs is 1. The predicted molar refractivity (Wildman–Crippen MR) is 58.4 cm³/mol. The molecule has 0 spiro atoms. The second-order valence-corrected chi connectivity index (χ2v) is 5.59. The van der Waals surface area contributed by atoms with Crippen molar-refractivity contribution in [1.29, 1.82) is 0 Å². The van der Waals surface area contributed by atoms with Gasteiger partial charge in [0, 0.05) is 24.6 Å². The molecule has 0 saturated heterocycles. The third-order valence-corrected chi connectivity index (χ3v) is 3.00. The lowest BCUT2D eigenvalue weighted by Crippen LogP contribution is -2.17. The summed E-state index contributed by atoms with van der Waals surface area (Å²) in [5, 5.41) is 0. The highest BCUT2D eigenvalue weighted by Crippen LogP contribution is 2.25. The minimum atomic E-state index is 0.188. The third-order valence-electron chi connectivity index (χ3n) is 3.00. The van der Waals surface area contributed by atoms with Crippen LogP contribution < -0.4 is 0 Å². The monoisotopic (exact) mass is 192 g/mol. The van der Waals surface area contributed by atoms with Gasteiger partial charge in [-0.25, -0.2) is 4.98 Å². The largest absolute Gasteiger partial charge is 0.334 e. The minimum absolute atomic E-state index is 0.188. The Bertz CT molecular complexity index is 331. The lowest BCUT2D eigenvalue weighted by atomic mass is 9.93. The van der Waals surface area contributed by atoms with E-state index >= 15 is 0 Å². The number of imidazole rings is 1. The molecule has 0 radical (unpaired) electrons. The molecule has 1 aromatic heterocycles. The fourth-order valence-electron chi connectivity index (χ4n) is 1.98. The molecule has 1 atom stereocenters. The molecule has 0 aromatic carbocycles. The van der Waals surface area contributed by atoms with E-state index in [1.165, 1.54) is 17.9 Å². The highest BCUT2D eigenvalue weighted by atomic mass is 15.1. The number of aryl methyl sites for hydroxylation is 1. The van der Waals surface area contributed by atoms with Crippen LogP contribution in [-0.4, -0.2) is 9.55 Å². The third kappa shape index (κ3) is 1.70. The fourth-order valence-corrected chi connectivity index (χ4v) is 1.98. The average Bonchev–Trinajstić information content (AvgIpc) is 2.45. The Kier molecular flexibility index (Phi) is 2.17. The lowest BCUT2D eigenvalue weighted by molar-refractivity contribution is 0.394. The maximum Gasteiger partial charge on any atom is 0.109 e. The van der Waals surface area contributed by atoms with Gasteiger partial charge in [-0.15, -0.1) is 0 Å². The van der Waals surface area contributed by atoms with Gasteiger partial charge in [0.05, 0.1) is 5.69 Å². The molecule has 0 bridgehead atoms. The minimum Gasteiger partial charge on any atom is -0.334 e. The van der Waals surface area contributed by atoms with E-state index in [0.29, 0.717) is 0 Å². The van der Waals surface area contributed by atoms with Crippen LogP contribution in [0.5, 0.6) is 0 Å². The first kappa shape index (κ1) is 9.75. The van der Waals surface area contributed by atoms with Crippen LogP contribution in [-0.2, 0) is 18.4 Å². The van der Waals surface area contributed by atoms with Gasteiger partial charge in [0.15, 0.2) is 0 Å². The lowest BCUT2D eigenvalue weighted by Gasteiger charge is -2.19. The van der Waals surface area contributed by atoms with Crippen molar-refractivity contribution in [2.24, 2.45) is 5.92 Å². The molecule has 0 fully saturated rings. The van der Waals surface area contributed by atoms with Crippen molar-refractivity contribution in [1.82, 2.24) is 9.55 Å². The molecule has 1 aliphatic rings. The molecular formula is C12H20N2. The van der Waals surface area contributed by atoms with Crippen molar-refractivity contribution in [3.05, 3.63) is 17.7 Å². The summed E-state index contributed by atoms with van der Waals surface area (Å²) in [6, 6.07) is 0. The Morgan fingerprint density at radius 2 is 2.14 bits per heavy atom. The molecule has 2 heterocycles. The van der Waals surface area contributed by atoms with Gasteiger partial charge >= 0.3 is 0 Å². The van der Waals surface area contributed by atoms with Gasteiger partial charge in [0.1, 0.15) is 5.82 Å². The van der Waals surface area contributed by atoms with Gasteiger partial charge in [-0.3, -0.25) is 0 Å². The van der Waals surface area contributed by atoms with E-state index in [4.69, 9.17) is 4.98 Å². The molecule has 1 unspecified atom stereocenters. The summed E-state index contributed by atoms with van der Waals surface area (Å²) in [6.45, 7) is 10.2. The number of rotatable bonds is 0. The highest BCUT2D eigenvalue weighted by Gasteiger charge is 2.22. The summed E-state index contributed by atoms with van der Waals surface area (Å²) >= 11 is 0. The zero-order valence-electron chi connectivity index (χ0n) is 9.67. The molecule has 1 aliphatic heterocycles. The Hall–Kier alpha value is -0.790. The summed E-state index contributed by atoms with van der Waals surface area (Å²) < 4.78 is 2.34. The van der Waals surface area contributed by atoms with Crippen molar-refractivity contribution in [3.8, 4) is 0 Å². The normalized spacial score (nSPS) is 22.1. The van der Waals surface area contributed by atoms with E-state index in [2.05, 4.69) is 38.5 Å². The van der Waals surface area contributed by atoms with Gasteiger partial charge in [-0.05, 0) is 12.3 Å². The van der Waals surface area contributed by atoms with E-state index < -0.39 is 0 Å². The van der Waals surface area contributed by atoms with E-state index in [1.807, 2.05) is 0 Å². The van der Waals surface area contributed by atoms with E-state index in [9.17, 15) is 0 Å². The van der Waals surface area contributed by atoms with E-state index in [0.717, 1.165) is 18.9 Å². The van der Waals surface area contributed by atoms with Crippen molar-refractivity contribution < 1.29 is 0 Å². The molecule has 2 heteroatoms. The molecule has 14 heavy (non-hydrogen) atoms. The van der Waals surface area contributed by atoms with Crippen LogP contribution in [0.25, 0.3) is 0 Å². The highest BCUT2D eigenvalue weighted by molar-refractivity contribution is 5.14. The SMILES string of the molecule is CC1CCc2nc(C(C)(C)C)cn2C1. The first-order chi connectivity index (χ1) is 6.47. The standard InChI is InChI=1S/C12H20N2/c1-9-5-6-11-13-10(12(2,3)4)8-14(11)7-9/h8-9H,5-7H2,1-4H3. The summed E-state index contributed by atoms with van der Waals surface area (Å²) in [5.41, 5.74) is 1.43. The topological polar surface area (TPSA) is 17.8 Å². The fraction of sp³-hybridized carbons (Fsp3) is 0.750. The Balaban J connectivity index is 2.32. The zero-order valence-corrected chi connectivity index (χ0v) is 9.67. The summed E-state index contributed by atoms with van der Waals surface area (Å²) in [7, 11) is 0. The molecular weight excluding hydrogens is 172 g/mol. The smallest absolute Gasteiger partial charge is 0.109 e. The molecule has 0 amide bonds. The average molecular weight is 192 g/mol. The molecule has 0 saturated carbocycles. The molecule has 2 rings (SSSR count).